The monoisotopic (exact) mass is 631 g/mol. The van der Waals surface area contributed by atoms with E-state index in [1.165, 1.54) is 6.07 Å². The summed E-state index contributed by atoms with van der Waals surface area (Å²) in [4.78, 5) is 36.4. The summed E-state index contributed by atoms with van der Waals surface area (Å²) in [5, 5.41) is 35.2. The Morgan fingerprint density at radius 3 is 2.18 bits per heavy atom. The molecule has 0 saturated carbocycles. The van der Waals surface area contributed by atoms with E-state index in [9.17, 15) is 42.9 Å². The molecule has 4 N–H and O–H groups in total. The maximum absolute atomic E-state index is 13.2. The highest BCUT2D eigenvalue weighted by Crippen LogP contribution is 2.31. The topological polar surface area (TPSA) is 151 Å². The molecule has 0 bridgehead atoms. The molecule has 0 saturated heterocycles. The van der Waals surface area contributed by atoms with E-state index in [-0.39, 0.29) is 35.7 Å². The van der Waals surface area contributed by atoms with Crippen molar-refractivity contribution >= 4 is 29.4 Å². The van der Waals surface area contributed by atoms with Gasteiger partial charge < -0.3 is 25.4 Å². The number of nitrogens with one attached hydrogen (secondary N) is 1. The molecule has 2 unspecified atom stereocenters. The normalized spacial score (nSPS) is 12.8. The van der Waals surface area contributed by atoms with Gasteiger partial charge in [0.05, 0.1) is 11.6 Å². The van der Waals surface area contributed by atoms with Gasteiger partial charge in [0.1, 0.15) is 11.4 Å². The lowest BCUT2D eigenvalue weighted by atomic mass is 9.97. The second-order valence-electron chi connectivity index (χ2n) is 9.72. The van der Waals surface area contributed by atoms with E-state index in [4.69, 9.17) is 11.6 Å². The van der Waals surface area contributed by atoms with Gasteiger partial charge in [0.2, 0.25) is 0 Å². The molecule has 4 aromatic rings. The average molecular weight is 632 g/mol. The number of hydrogen-bond donors (Lipinski definition) is 4. The number of benzene rings is 3. The third-order valence-corrected chi connectivity index (χ3v) is 6.77. The molecule has 0 radical (unpaired) electrons. The lowest BCUT2D eigenvalue weighted by molar-refractivity contribution is -0.274. The van der Waals surface area contributed by atoms with Crippen LogP contribution in [0.2, 0.25) is 5.02 Å². The maximum atomic E-state index is 13.2. The zero-order chi connectivity index (χ0) is 32.0. The minimum absolute atomic E-state index is 0.129. The molecule has 14 heteroatoms. The Labute approximate surface area is 253 Å². The highest BCUT2D eigenvalue weighted by Gasteiger charge is 2.32. The van der Waals surface area contributed by atoms with Crippen molar-refractivity contribution in [2.75, 3.05) is 0 Å². The number of carbonyl (C=O) groups excluding carboxylic acids is 1. The molecular weight excluding hydrogens is 607 g/mol. The van der Waals surface area contributed by atoms with E-state index in [0.29, 0.717) is 0 Å². The van der Waals surface area contributed by atoms with Crippen LogP contribution in [0.1, 0.15) is 38.5 Å². The predicted molar refractivity (Wildman–Crippen MR) is 152 cm³/mol. The van der Waals surface area contributed by atoms with Crippen LogP contribution in [-0.4, -0.2) is 61.5 Å². The molecule has 4 rings (SSSR count). The van der Waals surface area contributed by atoms with Crippen LogP contribution in [0.25, 0.3) is 11.1 Å². The first-order chi connectivity index (χ1) is 20.8. The van der Waals surface area contributed by atoms with Crippen molar-refractivity contribution in [2.45, 2.75) is 37.9 Å². The number of aliphatic hydroxyl groups is 1. The van der Waals surface area contributed by atoms with Gasteiger partial charge in [-0.1, -0.05) is 72.3 Å². The SMILES string of the molecule is O=C(NC(Cc1ccc(-c2ccccc2)cc1)CC(O)C(=O)O)c1cc(C(=O)O)n(Cc2ccc(Cl)c(OC(F)(F)F)c2)n1. The van der Waals surface area contributed by atoms with E-state index in [1.54, 1.807) is 12.1 Å². The Morgan fingerprint density at radius 2 is 1.57 bits per heavy atom. The minimum atomic E-state index is -5.01. The van der Waals surface area contributed by atoms with Crippen LogP contribution in [0.3, 0.4) is 0 Å². The largest absolute Gasteiger partial charge is 0.573 e. The number of nitrogens with zero attached hydrogens (tertiary/aromatic N) is 2. The van der Waals surface area contributed by atoms with Crippen molar-refractivity contribution in [3.8, 4) is 16.9 Å². The number of aromatic nitrogens is 2. The van der Waals surface area contributed by atoms with Gasteiger partial charge in [0.15, 0.2) is 11.8 Å². The smallest absolute Gasteiger partial charge is 0.479 e. The molecule has 0 aliphatic heterocycles. The summed E-state index contributed by atoms with van der Waals surface area (Å²) in [7, 11) is 0. The minimum Gasteiger partial charge on any atom is -0.479 e. The van der Waals surface area contributed by atoms with Crippen molar-refractivity contribution < 1.29 is 47.6 Å². The van der Waals surface area contributed by atoms with Crippen molar-refractivity contribution in [3.05, 3.63) is 106 Å². The van der Waals surface area contributed by atoms with Gasteiger partial charge in [-0.25, -0.2) is 9.59 Å². The number of aromatic carboxylic acids is 1. The number of carbonyl (C=O) groups is 3. The van der Waals surface area contributed by atoms with Crippen LogP contribution in [0, 0.1) is 0 Å². The number of amides is 1. The van der Waals surface area contributed by atoms with Crippen molar-refractivity contribution in [3.63, 3.8) is 0 Å². The van der Waals surface area contributed by atoms with Crippen LogP contribution in [0.5, 0.6) is 5.75 Å². The Morgan fingerprint density at radius 1 is 0.932 bits per heavy atom. The molecule has 44 heavy (non-hydrogen) atoms. The second-order valence-corrected chi connectivity index (χ2v) is 10.1. The molecule has 1 amide bonds. The first-order valence-electron chi connectivity index (χ1n) is 13.0. The summed E-state index contributed by atoms with van der Waals surface area (Å²) in [5.41, 5.74) is 2.00. The lowest BCUT2D eigenvalue weighted by Gasteiger charge is -2.20. The average Bonchev–Trinajstić information content (AvgIpc) is 3.39. The van der Waals surface area contributed by atoms with Gasteiger partial charge in [0.25, 0.3) is 5.91 Å². The van der Waals surface area contributed by atoms with Crippen molar-refractivity contribution in [1.82, 2.24) is 15.1 Å². The van der Waals surface area contributed by atoms with E-state index in [2.05, 4.69) is 15.2 Å². The molecule has 1 aromatic heterocycles. The lowest BCUT2D eigenvalue weighted by Crippen LogP contribution is -2.40. The van der Waals surface area contributed by atoms with Gasteiger partial charge in [0, 0.05) is 18.5 Å². The molecule has 0 fully saturated rings. The molecule has 0 aliphatic rings. The summed E-state index contributed by atoms with van der Waals surface area (Å²) in [5.74, 6) is -4.51. The second kappa shape index (κ2) is 13.6. The van der Waals surface area contributed by atoms with E-state index in [1.807, 2.05) is 42.5 Å². The summed E-state index contributed by atoms with van der Waals surface area (Å²) < 4.78 is 43.0. The number of ether oxygens (including phenoxy) is 1. The zero-order valence-electron chi connectivity index (χ0n) is 22.7. The first-order valence-corrected chi connectivity index (χ1v) is 13.4. The fourth-order valence-electron chi connectivity index (χ4n) is 4.41. The number of aliphatic carboxylic acids is 1. The highest BCUT2D eigenvalue weighted by atomic mass is 35.5. The first kappa shape index (κ1) is 32.0. The van der Waals surface area contributed by atoms with Crippen molar-refractivity contribution in [2.24, 2.45) is 0 Å². The van der Waals surface area contributed by atoms with E-state index < -0.39 is 47.8 Å². The third-order valence-electron chi connectivity index (χ3n) is 6.46. The molecule has 1 heterocycles. The number of halogens is 4. The summed E-state index contributed by atoms with van der Waals surface area (Å²) in [6, 6.07) is 20.4. The van der Waals surface area contributed by atoms with Gasteiger partial charge >= 0.3 is 18.3 Å². The molecule has 3 aromatic carbocycles. The molecule has 0 aliphatic carbocycles. The molecule has 10 nitrogen and oxygen atoms in total. The number of carboxylic acids is 2. The summed E-state index contributed by atoms with van der Waals surface area (Å²) in [6.45, 7) is -0.352. The van der Waals surface area contributed by atoms with Gasteiger partial charge in [-0.2, -0.15) is 5.10 Å². The number of carboxylic acid groups (broad SMARTS) is 2. The number of hydrogen-bond acceptors (Lipinski definition) is 6. The Balaban J connectivity index is 1.54. The van der Waals surface area contributed by atoms with Gasteiger partial charge in [-0.15, -0.1) is 13.2 Å². The van der Waals surface area contributed by atoms with Crippen LogP contribution in [-0.2, 0) is 17.8 Å². The van der Waals surface area contributed by atoms with Crippen LogP contribution in [0.4, 0.5) is 13.2 Å². The Kier molecular flexibility index (Phi) is 9.91. The molecule has 230 valence electrons. The van der Waals surface area contributed by atoms with Crippen LogP contribution < -0.4 is 10.1 Å². The molecule has 0 spiro atoms. The fraction of sp³-hybridized carbons (Fsp3) is 0.200. The maximum Gasteiger partial charge on any atom is 0.573 e. The highest BCUT2D eigenvalue weighted by molar-refractivity contribution is 6.32. The Bertz CT molecular complexity index is 1640. The van der Waals surface area contributed by atoms with Crippen molar-refractivity contribution in [1.29, 1.82) is 0 Å². The standard InChI is InChI=1S/C30H25ClF3N3O7/c31-22-11-8-18(13-26(22)44-30(32,33)34)16-37-24(28(40)41)15-23(36-37)27(39)35-21(14-25(38)29(42)43)12-17-6-9-20(10-7-17)19-4-2-1-3-5-19/h1-11,13,15,21,25,38H,12,14,16H2,(H,35,39)(H,40,41)(H,42,43). The Hall–Kier alpha value is -4.88. The summed E-state index contributed by atoms with van der Waals surface area (Å²) in [6.07, 6.45) is -7.04. The molecule has 2 atom stereocenters. The van der Waals surface area contributed by atoms with Gasteiger partial charge in [-0.3, -0.25) is 9.48 Å². The zero-order valence-corrected chi connectivity index (χ0v) is 23.4. The van der Waals surface area contributed by atoms with Crippen LogP contribution in [0.15, 0.2) is 78.9 Å². The van der Waals surface area contributed by atoms with E-state index >= 15 is 0 Å². The van der Waals surface area contributed by atoms with E-state index in [0.717, 1.165) is 39.6 Å². The quantitative estimate of drug-likeness (QED) is 0.170. The number of aliphatic hydroxyl groups excluding tert-OH is 1. The summed E-state index contributed by atoms with van der Waals surface area (Å²) >= 11 is 5.78. The number of rotatable bonds is 12. The van der Waals surface area contributed by atoms with Crippen LogP contribution >= 0.6 is 11.6 Å². The predicted octanol–water partition coefficient (Wildman–Crippen LogP) is 5.03. The fourth-order valence-corrected chi connectivity index (χ4v) is 4.57. The number of alkyl halides is 3. The van der Waals surface area contributed by atoms with Gasteiger partial charge in [-0.05, 0) is 40.8 Å². The molecular formula is C30H25ClF3N3O7. The third kappa shape index (κ3) is 8.58.